The largest absolute Gasteiger partial charge is 0.391 e. The van der Waals surface area contributed by atoms with Crippen LogP contribution in [0.25, 0.3) is 0 Å². The highest BCUT2D eigenvalue weighted by Gasteiger charge is 2.22. The van der Waals surface area contributed by atoms with Crippen LogP contribution in [0.15, 0.2) is 18.2 Å². The first kappa shape index (κ1) is 11.6. The number of non-ortho nitro benzene ring substituents is 1. The minimum atomic E-state index is -0.398. The summed E-state index contributed by atoms with van der Waals surface area (Å²) < 4.78 is 0.848. The number of nitro benzene ring substituents is 1. The second kappa shape index (κ2) is 4.54. The van der Waals surface area contributed by atoms with Gasteiger partial charge in [-0.15, -0.1) is 0 Å². The summed E-state index contributed by atoms with van der Waals surface area (Å²) >= 11 is 2.09. The zero-order valence-corrected chi connectivity index (χ0v) is 10.6. The highest BCUT2D eigenvalue weighted by atomic mass is 127. The number of β-amino-alcohol motifs (C(OH)–C–C–N with tert-alkyl or cyclic N) is 1. The molecule has 16 heavy (non-hydrogen) atoms. The molecule has 0 aromatic heterocycles. The maximum atomic E-state index is 10.6. The molecule has 0 saturated carbocycles. The van der Waals surface area contributed by atoms with E-state index in [2.05, 4.69) is 27.5 Å². The summed E-state index contributed by atoms with van der Waals surface area (Å²) in [5.74, 6) is 0. The minimum absolute atomic E-state index is 0.105. The Hall–Kier alpha value is -0.890. The molecule has 1 aliphatic rings. The van der Waals surface area contributed by atoms with Crippen LogP contribution >= 0.6 is 22.6 Å². The van der Waals surface area contributed by atoms with Crippen LogP contribution in [-0.2, 0) is 0 Å². The Bertz CT molecular complexity index is 425. The van der Waals surface area contributed by atoms with E-state index < -0.39 is 4.92 Å². The molecule has 1 saturated heterocycles. The summed E-state index contributed by atoms with van der Waals surface area (Å²) in [6.45, 7) is 1.41. The van der Waals surface area contributed by atoms with Gasteiger partial charge in [-0.1, -0.05) is 0 Å². The van der Waals surface area contributed by atoms with Crippen LogP contribution in [0.3, 0.4) is 0 Å². The van der Waals surface area contributed by atoms with Gasteiger partial charge in [0.2, 0.25) is 0 Å². The zero-order valence-electron chi connectivity index (χ0n) is 8.47. The van der Waals surface area contributed by atoms with Crippen molar-refractivity contribution in [2.45, 2.75) is 12.5 Å². The fourth-order valence-electron chi connectivity index (χ4n) is 1.83. The van der Waals surface area contributed by atoms with Crippen LogP contribution in [0.5, 0.6) is 0 Å². The van der Waals surface area contributed by atoms with E-state index in [4.69, 9.17) is 0 Å². The molecular weight excluding hydrogens is 323 g/mol. The van der Waals surface area contributed by atoms with Gasteiger partial charge in [-0.2, -0.15) is 0 Å². The van der Waals surface area contributed by atoms with Crippen LogP contribution in [0.2, 0.25) is 0 Å². The Balaban J connectivity index is 2.26. The highest BCUT2D eigenvalue weighted by Crippen LogP contribution is 2.29. The average Bonchev–Trinajstić information content (AvgIpc) is 2.64. The number of aliphatic hydroxyl groups is 1. The third-order valence-corrected chi connectivity index (χ3v) is 3.51. The van der Waals surface area contributed by atoms with E-state index in [0.717, 1.165) is 22.2 Å². The van der Waals surface area contributed by atoms with Crippen molar-refractivity contribution in [3.05, 3.63) is 31.9 Å². The van der Waals surface area contributed by atoms with Crippen molar-refractivity contribution >= 4 is 34.0 Å². The summed E-state index contributed by atoms with van der Waals surface area (Å²) in [5, 5.41) is 20.0. The van der Waals surface area contributed by atoms with Crippen LogP contribution in [0.1, 0.15) is 6.42 Å². The van der Waals surface area contributed by atoms with Gasteiger partial charge < -0.3 is 10.0 Å². The number of rotatable bonds is 2. The fraction of sp³-hybridized carbons (Fsp3) is 0.400. The molecule has 6 heteroatoms. The molecule has 1 aliphatic heterocycles. The number of nitrogens with zero attached hydrogens (tertiary/aromatic N) is 2. The Kier molecular flexibility index (Phi) is 3.29. The molecule has 1 unspecified atom stereocenters. The average molecular weight is 334 g/mol. The second-order valence-corrected chi connectivity index (χ2v) is 4.94. The number of hydrogen-bond donors (Lipinski definition) is 1. The van der Waals surface area contributed by atoms with Crippen molar-refractivity contribution in [1.29, 1.82) is 0 Å². The van der Waals surface area contributed by atoms with Crippen molar-refractivity contribution in [3.63, 3.8) is 0 Å². The van der Waals surface area contributed by atoms with Crippen LogP contribution in [0, 0.1) is 13.7 Å². The van der Waals surface area contributed by atoms with E-state index in [1.54, 1.807) is 12.1 Å². The van der Waals surface area contributed by atoms with Crippen LogP contribution in [0.4, 0.5) is 11.4 Å². The van der Waals surface area contributed by atoms with Gasteiger partial charge >= 0.3 is 0 Å². The summed E-state index contributed by atoms with van der Waals surface area (Å²) in [6, 6.07) is 4.81. The standard InChI is InChI=1S/C10H11IN2O3/c11-9-5-7(13(15)16)1-2-10(9)12-4-3-8(14)6-12/h1-2,5,8,14H,3-4,6H2. The van der Waals surface area contributed by atoms with Gasteiger partial charge in [-0.25, -0.2) is 0 Å². The predicted molar refractivity (Wildman–Crippen MR) is 68.7 cm³/mol. The Labute approximate surface area is 106 Å². The van der Waals surface area contributed by atoms with E-state index in [9.17, 15) is 15.2 Å². The summed E-state index contributed by atoms with van der Waals surface area (Å²) in [5.41, 5.74) is 1.07. The lowest BCUT2D eigenvalue weighted by Gasteiger charge is -2.19. The molecule has 1 N–H and O–H groups in total. The van der Waals surface area contributed by atoms with Gasteiger partial charge in [0.1, 0.15) is 0 Å². The van der Waals surface area contributed by atoms with Gasteiger partial charge in [0.15, 0.2) is 0 Å². The maximum absolute atomic E-state index is 10.6. The fourth-order valence-corrected chi connectivity index (χ4v) is 2.67. The lowest BCUT2D eigenvalue weighted by atomic mass is 10.2. The Morgan fingerprint density at radius 3 is 2.81 bits per heavy atom. The number of benzene rings is 1. The van der Waals surface area contributed by atoms with Gasteiger partial charge in [0, 0.05) is 28.8 Å². The molecule has 86 valence electrons. The van der Waals surface area contributed by atoms with Crippen molar-refractivity contribution in [2.75, 3.05) is 18.0 Å². The van der Waals surface area contributed by atoms with Gasteiger partial charge in [0.05, 0.1) is 16.7 Å². The second-order valence-electron chi connectivity index (χ2n) is 3.78. The van der Waals surface area contributed by atoms with Crippen LogP contribution in [-0.4, -0.2) is 29.2 Å². The topological polar surface area (TPSA) is 66.6 Å². The molecule has 1 fully saturated rings. The lowest BCUT2D eigenvalue weighted by Crippen LogP contribution is -2.21. The third kappa shape index (κ3) is 2.27. The summed E-state index contributed by atoms with van der Waals surface area (Å²) in [6.07, 6.45) is 0.471. The normalized spacial score (nSPS) is 20.1. The SMILES string of the molecule is O=[N+]([O-])c1ccc(N2CCC(O)C2)c(I)c1. The number of nitro groups is 1. The first-order chi connectivity index (χ1) is 7.58. The van der Waals surface area contributed by atoms with Crippen molar-refractivity contribution in [3.8, 4) is 0 Å². The number of aliphatic hydroxyl groups excluding tert-OH is 1. The first-order valence-electron chi connectivity index (χ1n) is 4.95. The molecule has 0 radical (unpaired) electrons. The molecular formula is C10H11IN2O3. The molecule has 2 rings (SSSR count). The third-order valence-electron chi connectivity index (χ3n) is 2.65. The monoisotopic (exact) mass is 334 g/mol. The van der Waals surface area contributed by atoms with Gasteiger partial charge in [-0.05, 0) is 35.1 Å². The van der Waals surface area contributed by atoms with Gasteiger partial charge in [0.25, 0.3) is 5.69 Å². The van der Waals surface area contributed by atoms with E-state index in [1.807, 2.05) is 0 Å². The molecule has 1 heterocycles. The maximum Gasteiger partial charge on any atom is 0.270 e. The molecule has 1 atom stereocenters. The quantitative estimate of drug-likeness (QED) is 0.509. The molecule has 0 aliphatic carbocycles. The summed E-state index contributed by atoms with van der Waals surface area (Å²) in [7, 11) is 0. The highest BCUT2D eigenvalue weighted by molar-refractivity contribution is 14.1. The molecule has 0 amide bonds. The smallest absolute Gasteiger partial charge is 0.270 e. The zero-order chi connectivity index (χ0) is 11.7. The van der Waals surface area contributed by atoms with Crippen LogP contribution < -0.4 is 4.90 Å². The van der Waals surface area contributed by atoms with Crippen molar-refractivity contribution in [1.82, 2.24) is 0 Å². The van der Waals surface area contributed by atoms with Gasteiger partial charge in [-0.3, -0.25) is 10.1 Å². The summed E-state index contributed by atoms with van der Waals surface area (Å²) in [4.78, 5) is 12.2. The molecule has 0 spiro atoms. The molecule has 1 aromatic rings. The van der Waals surface area contributed by atoms with Crippen molar-refractivity contribution < 1.29 is 10.0 Å². The Morgan fingerprint density at radius 1 is 1.56 bits per heavy atom. The molecule has 5 nitrogen and oxygen atoms in total. The lowest BCUT2D eigenvalue weighted by molar-refractivity contribution is -0.384. The first-order valence-corrected chi connectivity index (χ1v) is 6.03. The number of anilines is 1. The Morgan fingerprint density at radius 2 is 2.31 bits per heavy atom. The predicted octanol–water partition coefficient (Wildman–Crippen LogP) is 1.77. The van der Waals surface area contributed by atoms with E-state index in [1.165, 1.54) is 6.07 Å². The van der Waals surface area contributed by atoms with E-state index in [0.29, 0.717) is 6.54 Å². The number of hydrogen-bond acceptors (Lipinski definition) is 4. The van der Waals surface area contributed by atoms with E-state index in [-0.39, 0.29) is 11.8 Å². The minimum Gasteiger partial charge on any atom is -0.391 e. The molecule has 1 aromatic carbocycles. The molecule has 0 bridgehead atoms. The van der Waals surface area contributed by atoms with Crippen molar-refractivity contribution in [2.24, 2.45) is 0 Å². The number of halogens is 1. The van der Waals surface area contributed by atoms with E-state index >= 15 is 0 Å².